The molecule has 0 radical (unpaired) electrons. The molecule has 0 aliphatic carbocycles. The third-order valence-corrected chi connectivity index (χ3v) is 5.19. The fourth-order valence-corrected chi connectivity index (χ4v) is 3.38. The van der Waals surface area contributed by atoms with Crippen LogP contribution >= 0.6 is 11.8 Å². The molecule has 0 saturated carbocycles. The molecule has 0 aromatic heterocycles. The largest absolute Gasteiger partial charge is 0.455 e. The number of amides is 1. The van der Waals surface area contributed by atoms with Gasteiger partial charge in [-0.25, -0.2) is 0 Å². The van der Waals surface area contributed by atoms with Crippen LogP contribution in [-0.4, -0.2) is 18.5 Å². The van der Waals surface area contributed by atoms with Gasteiger partial charge in [0.15, 0.2) is 6.61 Å². The van der Waals surface area contributed by atoms with Crippen molar-refractivity contribution in [1.29, 1.82) is 5.26 Å². The lowest BCUT2D eigenvalue weighted by Gasteiger charge is -2.21. The summed E-state index contributed by atoms with van der Waals surface area (Å²) < 4.78 is 5.32. The minimum Gasteiger partial charge on any atom is -0.455 e. The number of carbonyl (C=O) groups excluding carboxylic acids is 2. The van der Waals surface area contributed by atoms with Crippen molar-refractivity contribution < 1.29 is 14.3 Å². The van der Waals surface area contributed by atoms with Crippen molar-refractivity contribution in [3.8, 4) is 5.40 Å². The molecule has 2 aromatic carbocycles. The van der Waals surface area contributed by atoms with Crippen LogP contribution in [0.2, 0.25) is 0 Å². The first kappa shape index (κ1) is 21.5. The minimum absolute atomic E-state index is 0.102. The molecule has 1 amide bonds. The summed E-state index contributed by atoms with van der Waals surface area (Å²) in [5, 5.41) is 13.5. The summed E-state index contributed by atoms with van der Waals surface area (Å²) in [7, 11) is 0. The van der Waals surface area contributed by atoms with Gasteiger partial charge >= 0.3 is 5.97 Å². The number of thioether (sulfide) groups is 1. The van der Waals surface area contributed by atoms with Gasteiger partial charge < -0.3 is 10.1 Å². The number of thiocyanates is 1. The topological polar surface area (TPSA) is 79.2 Å². The maximum Gasteiger partial charge on any atom is 0.314 e. The first-order valence-electron chi connectivity index (χ1n) is 9.14. The van der Waals surface area contributed by atoms with Gasteiger partial charge in [0.2, 0.25) is 0 Å². The van der Waals surface area contributed by atoms with E-state index in [0.29, 0.717) is 5.69 Å². The highest BCUT2D eigenvalue weighted by molar-refractivity contribution is 8.03. The highest BCUT2D eigenvalue weighted by atomic mass is 32.2. The quantitative estimate of drug-likeness (QED) is 0.391. The van der Waals surface area contributed by atoms with Crippen molar-refractivity contribution in [2.45, 2.75) is 38.0 Å². The first-order chi connectivity index (χ1) is 13.5. The Balaban J connectivity index is 1.99. The van der Waals surface area contributed by atoms with Crippen molar-refractivity contribution >= 4 is 29.3 Å². The minimum atomic E-state index is -0.400. The Morgan fingerprint density at radius 3 is 2.54 bits per heavy atom. The summed E-state index contributed by atoms with van der Waals surface area (Å²) in [6, 6.07) is 14.8. The maximum absolute atomic E-state index is 12.6. The van der Waals surface area contributed by atoms with Crippen molar-refractivity contribution in [3.63, 3.8) is 0 Å². The third kappa shape index (κ3) is 5.86. The Hall–Kier alpha value is -2.78. The molecule has 0 spiro atoms. The van der Waals surface area contributed by atoms with Crippen LogP contribution in [-0.2, 0) is 14.3 Å². The molecule has 5 nitrogen and oxygen atoms in total. The molecule has 146 valence electrons. The Morgan fingerprint density at radius 1 is 1.21 bits per heavy atom. The highest BCUT2D eigenvalue weighted by Crippen LogP contribution is 2.28. The molecule has 2 rings (SSSR count). The van der Waals surface area contributed by atoms with Crippen LogP contribution in [0.25, 0.3) is 0 Å². The Bertz CT molecular complexity index is 862. The average molecular weight is 397 g/mol. The summed E-state index contributed by atoms with van der Waals surface area (Å²) >= 11 is 1.06. The second kappa shape index (κ2) is 10.5. The van der Waals surface area contributed by atoms with E-state index in [9.17, 15) is 9.59 Å². The molecule has 0 aliphatic rings. The second-order valence-corrected chi connectivity index (χ2v) is 7.46. The van der Waals surface area contributed by atoms with Gasteiger partial charge in [0, 0.05) is 10.6 Å². The van der Waals surface area contributed by atoms with Crippen LogP contribution in [0.15, 0.2) is 53.4 Å². The average Bonchev–Trinajstić information content (AvgIpc) is 2.69. The van der Waals surface area contributed by atoms with Crippen molar-refractivity contribution in [1.82, 2.24) is 0 Å². The standard InChI is InChI=1S/C22H24N2O3S/c1-4-15(2)21(17-8-6-5-7-9-17)22(26)27-13-20(25)24-19-11-10-18(28-14-23)12-16(19)3/h5-12,15,21H,4,13H2,1-3H3,(H,24,25)/t15-,21-/m1/s1. The number of hydrogen-bond acceptors (Lipinski definition) is 5. The molecular formula is C22H24N2O3S. The molecule has 0 aliphatic heterocycles. The molecule has 0 fully saturated rings. The molecule has 6 heteroatoms. The molecule has 2 atom stereocenters. The SMILES string of the molecule is CC[C@@H](C)[C@@H](C(=O)OCC(=O)Nc1ccc(SC#N)cc1C)c1ccccc1. The van der Waals surface area contributed by atoms with Crippen LogP contribution in [0.5, 0.6) is 0 Å². The van der Waals surface area contributed by atoms with Gasteiger partial charge in [-0.05, 0) is 53.9 Å². The fraction of sp³-hybridized carbons (Fsp3) is 0.318. The number of nitrogens with one attached hydrogen (secondary N) is 1. The van der Waals surface area contributed by atoms with Crippen molar-refractivity contribution in [3.05, 3.63) is 59.7 Å². The van der Waals surface area contributed by atoms with E-state index in [1.165, 1.54) is 0 Å². The second-order valence-electron chi connectivity index (χ2n) is 6.60. The summed E-state index contributed by atoms with van der Waals surface area (Å²) in [5.41, 5.74) is 2.36. The zero-order valence-electron chi connectivity index (χ0n) is 16.3. The van der Waals surface area contributed by atoms with Crippen molar-refractivity contribution in [2.75, 3.05) is 11.9 Å². The number of rotatable bonds is 8. The van der Waals surface area contributed by atoms with Crippen LogP contribution < -0.4 is 5.32 Å². The van der Waals surface area contributed by atoms with Gasteiger partial charge in [0.05, 0.1) is 5.92 Å². The summed E-state index contributed by atoms with van der Waals surface area (Å²) in [4.78, 5) is 25.7. The molecule has 0 bridgehead atoms. The molecule has 0 unspecified atom stereocenters. The van der Waals surface area contributed by atoms with Crippen LogP contribution in [0, 0.1) is 23.5 Å². The number of carbonyl (C=O) groups is 2. The number of aryl methyl sites for hydroxylation is 1. The number of benzene rings is 2. The molecular weight excluding hydrogens is 372 g/mol. The Morgan fingerprint density at radius 2 is 1.93 bits per heavy atom. The number of ether oxygens (including phenoxy) is 1. The molecule has 1 N–H and O–H groups in total. The predicted octanol–water partition coefficient (Wildman–Crippen LogP) is 4.88. The Labute approximate surface area is 170 Å². The summed E-state index contributed by atoms with van der Waals surface area (Å²) in [6.45, 7) is 5.53. The van der Waals surface area contributed by atoms with Crippen LogP contribution in [0.3, 0.4) is 0 Å². The lowest BCUT2D eigenvalue weighted by molar-refractivity contribution is -0.150. The summed E-state index contributed by atoms with van der Waals surface area (Å²) in [5.74, 6) is -1.09. The zero-order valence-corrected chi connectivity index (χ0v) is 17.1. The van der Waals surface area contributed by atoms with Crippen LogP contribution in [0.1, 0.15) is 37.3 Å². The number of hydrogen-bond donors (Lipinski definition) is 1. The molecule has 0 saturated heterocycles. The lowest BCUT2D eigenvalue weighted by Crippen LogP contribution is -2.27. The maximum atomic E-state index is 12.6. The number of anilines is 1. The van der Waals surface area contributed by atoms with E-state index >= 15 is 0 Å². The van der Waals surface area contributed by atoms with E-state index < -0.39 is 17.8 Å². The summed E-state index contributed by atoms with van der Waals surface area (Å²) in [6.07, 6.45) is 0.826. The van der Waals surface area contributed by atoms with E-state index in [1.54, 1.807) is 12.1 Å². The van der Waals surface area contributed by atoms with Gasteiger partial charge in [-0.3, -0.25) is 9.59 Å². The van der Waals surface area contributed by atoms with Crippen molar-refractivity contribution in [2.24, 2.45) is 5.92 Å². The highest BCUT2D eigenvalue weighted by Gasteiger charge is 2.27. The van der Waals surface area contributed by atoms with E-state index in [2.05, 4.69) is 5.32 Å². The monoisotopic (exact) mass is 396 g/mol. The van der Waals surface area contributed by atoms with E-state index in [0.717, 1.165) is 34.2 Å². The van der Waals surface area contributed by atoms with E-state index in [4.69, 9.17) is 10.00 Å². The molecule has 0 heterocycles. The fourth-order valence-electron chi connectivity index (χ4n) is 2.90. The Kier molecular flexibility index (Phi) is 8.09. The zero-order chi connectivity index (χ0) is 20.5. The van der Waals surface area contributed by atoms with Gasteiger partial charge in [0.1, 0.15) is 5.40 Å². The van der Waals surface area contributed by atoms with E-state index in [1.807, 2.05) is 62.6 Å². The molecule has 28 heavy (non-hydrogen) atoms. The van der Waals surface area contributed by atoms with Gasteiger partial charge in [0.25, 0.3) is 5.91 Å². The van der Waals surface area contributed by atoms with Gasteiger partial charge in [-0.2, -0.15) is 5.26 Å². The van der Waals surface area contributed by atoms with E-state index in [-0.39, 0.29) is 12.5 Å². The molecule has 2 aromatic rings. The van der Waals surface area contributed by atoms with Gasteiger partial charge in [-0.1, -0.05) is 50.6 Å². The number of nitrogens with zero attached hydrogens (tertiary/aromatic N) is 1. The lowest BCUT2D eigenvalue weighted by atomic mass is 9.86. The third-order valence-electron chi connectivity index (χ3n) is 4.61. The van der Waals surface area contributed by atoms with Gasteiger partial charge in [-0.15, -0.1) is 0 Å². The number of nitriles is 1. The van der Waals surface area contributed by atoms with Crippen LogP contribution in [0.4, 0.5) is 5.69 Å². The number of esters is 1. The smallest absolute Gasteiger partial charge is 0.314 e. The first-order valence-corrected chi connectivity index (χ1v) is 9.96. The normalized spacial score (nSPS) is 12.5. The predicted molar refractivity (Wildman–Crippen MR) is 111 cm³/mol.